The van der Waals surface area contributed by atoms with E-state index in [1.54, 1.807) is 18.3 Å². The summed E-state index contributed by atoms with van der Waals surface area (Å²) in [4.78, 5) is 19.2. The van der Waals surface area contributed by atoms with E-state index in [4.69, 9.17) is 9.84 Å². The molecule has 3 N–H and O–H groups in total. The highest BCUT2D eigenvalue weighted by atomic mass is 16.5. The number of aromatic carboxylic acids is 1. The fraction of sp³-hybridized carbons (Fsp3) is 0.0526. The molecule has 0 aliphatic heterocycles. The minimum absolute atomic E-state index is 0.0610. The second-order valence-corrected chi connectivity index (χ2v) is 5.88. The molecule has 27 heavy (non-hydrogen) atoms. The molecule has 134 valence electrons. The normalized spacial score (nSPS) is 10.7. The summed E-state index contributed by atoms with van der Waals surface area (Å²) in [7, 11) is 0. The number of H-pyrrole nitrogens is 1. The van der Waals surface area contributed by atoms with E-state index in [2.05, 4.69) is 25.5 Å². The number of hydrogen-bond acceptors (Lipinski definition) is 6. The number of ether oxygens (including phenoxy) is 1. The Hall–Kier alpha value is -3.94. The molecule has 0 saturated carbocycles. The molecule has 0 saturated heterocycles. The van der Waals surface area contributed by atoms with E-state index >= 15 is 0 Å². The molecular formula is C19H15N5O3. The molecule has 0 aliphatic rings. The minimum Gasteiger partial charge on any atom is -0.477 e. The van der Waals surface area contributed by atoms with Gasteiger partial charge < -0.3 is 15.2 Å². The van der Waals surface area contributed by atoms with Crippen LogP contribution in [0.3, 0.4) is 0 Å². The molecule has 4 rings (SSSR count). The lowest BCUT2D eigenvalue weighted by atomic mass is 10.2. The number of pyridine rings is 2. The molecule has 0 unspecified atom stereocenters. The number of aryl methyl sites for hydroxylation is 1. The van der Waals surface area contributed by atoms with Crippen molar-refractivity contribution in [2.24, 2.45) is 0 Å². The van der Waals surface area contributed by atoms with Crippen LogP contribution >= 0.6 is 0 Å². The Labute approximate surface area is 153 Å². The Morgan fingerprint density at radius 1 is 1.11 bits per heavy atom. The first-order valence-corrected chi connectivity index (χ1v) is 8.14. The summed E-state index contributed by atoms with van der Waals surface area (Å²) in [5.74, 6) is 0.642. The molecular weight excluding hydrogens is 346 g/mol. The number of carboxylic acids is 1. The van der Waals surface area contributed by atoms with E-state index in [1.807, 2.05) is 31.2 Å². The first-order chi connectivity index (χ1) is 13.1. The molecule has 0 amide bonds. The van der Waals surface area contributed by atoms with Crippen LogP contribution < -0.4 is 10.1 Å². The van der Waals surface area contributed by atoms with Crippen molar-refractivity contribution in [3.8, 4) is 11.5 Å². The van der Waals surface area contributed by atoms with Gasteiger partial charge in [-0.3, -0.25) is 5.10 Å². The van der Waals surface area contributed by atoms with Crippen molar-refractivity contribution in [2.45, 2.75) is 6.92 Å². The lowest BCUT2D eigenvalue weighted by molar-refractivity contribution is 0.0690. The average Bonchev–Trinajstić information content (AvgIpc) is 3.08. The maximum atomic E-state index is 11.1. The van der Waals surface area contributed by atoms with Gasteiger partial charge in [0.15, 0.2) is 11.5 Å². The maximum absolute atomic E-state index is 11.1. The number of nitrogens with zero attached hydrogens (tertiary/aromatic N) is 3. The van der Waals surface area contributed by atoms with Gasteiger partial charge in [-0.2, -0.15) is 5.10 Å². The zero-order chi connectivity index (χ0) is 18.8. The smallest absolute Gasteiger partial charge is 0.354 e. The van der Waals surface area contributed by atoms with Gasteiger partial charge in [0.2, 0.25) is 0 Å². The first kappa shape index (κ1) is 16.5. The van der Waals surface area contributed by atoms with Gasteiger partial charge in [0.25, 0.3) is 0 Å². The van der Waals surface area contributed by atoms with Crippen LogP contribution in [0.1, 0.15) is 16.1 Å². The largest absolute Gasteiger partial charge is 0.477 e. The fourth-order valence-electron chi connectivity index (χ4n) is 2.59. The Balaban J connectivity index is 1.71. The van der Waals surface area contributed by atoms with Crippen LogP contribution in [-0.4, -0.2) is 31.2 Å². The topological polar surface area (TPSA) is 113 Å². The predicted molar refractivity (Wildman–Crippen MR) is 99.6 cm³/mol. The molecule has 0 bridgehead atoms. The van der Waals surface area contributed by atoms with Crippen LogP contribution in [-0.2, 0) is 0 Å². The monoisotopic (exact) mass is 361 g/mol. The lowest BCUT2D eigenvalue weighted by Crippen LogP contribution is -2.01. The molecule has 0 fully saturated rings. The number of hydrogen-bond donors (Lipinski definition) is 3. The van der Waals surface area contributed by atoms with Crippen LogP contribution in [0.25, 0.3) is 11.0 Å². The summed E-state index contributed by atoms with van der Waals surface area (Å²) < 4.78 is 6.00. The highest BCUT2D eigenvalue weighted by molar-refractivity contribution is 5.95. The van der Waals surface area contributed by atoms with E-state index < -0.39 is 5.97 Å². The Morgan fingerprint density at radius 3 is 2.67 bits per heavy atom. The molecule has 3 heterocycles. The fourth-order valence-corrected chi connectivity index (χ4v) is 2.59. The first-order valence-electron chi connectivity index (χ1n) is 8.14. The number of aromatic amines is 1. The van der Waals surface area contributed by atoms with Crippen molar-refractivity contribution in [3.05, 3.63) is 66.1 Å². The van der Waals surface area contributed by atoms with Gasteiger partial charge in [-0.15, -0.1) is 0 Å². The van der Waals surface area contributed by atoms with Gasteiger partial charge in [0.1, 0.15) is 22.6 Å². The number of benzene rings is 1. The average molecular weight is 361 g/mol. The summed E-state index contributed by atoms with van der Waals surface area (Å²) in [6.45, 7) is 2.01. The van der Waals surface area contributed by atoms with Crippen LogP contribution in [0.15, 0.2) is 54.9 Å². The third-order valence-electron chi connectivity index (χ3n) is 3.91. The van der Waals surface area contributed by atoms with Crippen LogP contribution in [0.5, 0.6) is 11.5 Å². The highest BCUT2D eigenvalue weighted by Crippen LogP contribution is 2.34. The highest BCUT2D eigenvalue weighted by Gasteiger charge is 2.14. The third-order valence-corrected chi connectivity index (χ3v) is 3.91. The van der Waals surface area contributed by atoms with Crippen molar-refractivity contribution in [1.82, 2.24) is 20.2 Å². The third kappa shape index (κ3) is 3.40. The van der Waals surface area contributed by atoms with Gasteiger partial charge in [-0.05, 0) is 31.2 Å². The SMILES string of the molecule is Cc1ccc(Oc2ccnc3[nH]nc(Nc4ccnc(C(=O)O)c4)c23)cc1. The molecule has 0 aliphatic carbocycles. The van der Waals surface area contributed by atoms with Gasteiger partial charge in [-0.25, -0.2) is 14.8 Å². The summed E-state index contributed by atoms with van der Waals surface area (Å²) in [5, 5.41) is 19.9. The van der Waals surface area contributed by atoms with Gasteiger partial charge in [0.05, 0.1) is 0 Å². The van der Waals surface area contributed by atoms with Crippen LogP contribution in [0, 0.1) is 6.92 Å². The van der Waals surface area contributed by atoms with Gasteiger partial charge >= 0.3 is 5.97 Å². The maximum Gasteiger partial charge on any atom is 0.354 e. The van der Waals surface area contributed by atoms with Crippen LogP contribution in [0.4, 0.5) is 11.5 Å². The van der Waals surface area contributed by atoms with Gasteiger partial charge in [-0.1, -0.05) is 17.7 Å². The number of anilines is 2. The van der Waals surface area contributed by atoms with Crippen molar-refractivity contribution in [1.29, 1.82) is 0 Å². The van der Waals surface area contributed by atoms with Crippen molar-refractivity contribution in [2.75, 3.05) is 5.32 Å². The Morgan fingerprint density at radius 2 is 1.89 bits per heavy atom. The summed E-state index contributed by atoms with van der Waals surface area (Å²) in [5.41, 5.74) is 2.17. The van der Waals surface area contributed by atoms with E-state index in [0.29, 0.717) is 34.0 Å². The lowest BCUT2D eigenvalue weighted by Gasteiger charge is -2.09. The molecule has 8 heteroatoms. The number of fused-ring (bicyclic) bond motifs is 1. The molecule has 0 radical (unpaired) electrons. The summed E-state index contributed by atoms with van der Waals surface area (Å²) in [6, 6.07) is 12.5. The number of carboxylic acid groups (broad SMARTS) is 1. The minimum atomic E-state index is -1.10. The summed E-state index contributed by atoms with van der Waals surface area (Å²) >= 11 is 0. The molecule has 3 aromatic heterocycles. The van der Waals surface area contributed by atoms with Crippen molar-refractivity contribution >= 4 is 28.5 Å². The van der Waals surface area contributed by atoms with Gasteiger partial charge in [0, 0.05) is 24.1 Å². The number of rotatable bonds is 5. The second kappa shape index (κ2) is 6.75. The van der Waals surface area contributed by atoms with E-state index in [-0.39, 0.29) is 5.69 Å². The zero-order valence-corrected chi connectivity index (χ0v) is 14.3. The molecule has 4 aromatic rings. The van der Waals surface area contributed by atoms with E-state index in [0.717, 1.165) is 5.56 Å². The molecule has 0 spiro atoms. The second-order valence-electron chi connectivity index (χ2n) is 5.88. The Bertz CT molecular complexity index is 1120. The number of aromatic nitrogens is 4. The van der Waals surface area contributed by atoms with Crippen LogP contribution in [0.2, 0.25) is 0 Å². The van der Waals surface area contributed by atoms with E-state index in [1.165, 1.54) is 12.3 Å². The van der Waals surface area contributed by atoms with Crippen molar-refractivity contribution < 1.29 is 14.6 Å². The standard InChI is InChI=1S/C19H15N5O3/c1-11-2-4-13(5-3-11)27-15-7-9-21-17-16(15)18(24-23-17)22-12-6-8-20-14(10-12)19(25)26/h2-10H,1H3,(H,25,26)(H2,20,21,22,23,24). The zero-order valence-electron chi connectivity index (χ0n) is 14.3. The number of nitrogens with one attached hydrogen (secondary N) is 2. The Kier molecular flexibility index (Phi) is 4.13. The molecule has 1 aromatic carbocycles. The quantitative estimate of drug-likeness (QED) is 0.494. The predicted octanol–water partition coefficient (Wildman–Crippen LogP) is 3.90. The molecule has 0 atom stereocenters. The van der Waals surface area contributed by atoms with E-state index in [9.17, 15) is 4.79 Å². The van der Waals surface area contributed by atoms with Crippen molar-refractivity contribution in [3.63, 3.8) is 0 Å². The number of carbonyl (C=O) groups is 1. The molecule has 8 nitrogen and oxygen atoms in total. The summed E-state index contributed by atoms with van der Waals surface area (Å²) in [6.07, 6.45) is 3.05.